The van der Waals surface area contributed by atoms with Crippen molar-refractivity contribution in [3.63, 3.8) is 0 Å². The third-order valence-corrected chi connectivity index (χ3v) is 3.74. The summed E-state index contributed by atoms with van der Waals surface area (Å²) in [6.07, 6.45) is 3.24. The van der Waals surface area contributed by atoms with Gasteiger partial charge in [-0.15, -0.1) is 12.4 Å². The first-order chi connectivity index (χ1) is 9.19. The number of nitrogens with one attached hydrogen (secondary N) is 1. The first-order valence-electron chi connectivity index (χ1n) is 6.57. The van der Waals surface area contributed by atoms with E-state index in [1.807, 2.05) is 0 Å². The Kier molecular flexibility index (Phi) is 7.13. The molecular weight excluding hydrogens is 299 g/mol. The van der Waals surface area contributed by atoms with E-state index < -0.39 is 0 Å². The molecule has 1 fully saturated rings. The average Bonchev–Trinajstić information content (AvgIpc) is 2.85. The van der Waals surface area contributed by atoms with Gasteiger partial charge in [0.05, 0.1) is 0 Å². The summed E-state index contributed by atoms with van der Waals surface area (Å²) in [6.45, 7) is 0.651. The van der Waals surface area contributed by atoms with Crippen LogP contribution in [0.1, 0.15) is 19.3 Å². The molecule has 0 aliphatic heterocycles. The highest BCUT2D eigenvalue weighted by atomic mass is 35.5. The van der Waals surface area contributed by atoms with Crippen molar-refractivity contribution in [1.82, 2.24) is 5.32 Å². The van der Waals surface area contributed by atoms with Gasteiger partial charge in [-0.05, 0) is 49.6 Å². The van der Waals surface area contributed by atoms with Crippen LogP contribution >= 0.6 is 24.0 Å². The largest absolute Gasteiger partial charge is 0.484 e. The van der Waals surface area contributed by atoms with E-state index in [2.05, 4.69) is 5.32 Å². The van der Waals surface area contributed by atoms with Crippen LogP contribution < -0.4 is 15.8 Å². The van der Waals surface area contributed by atoms with Crippen molar-refractivity contribution < 1.29 is 9.53 Å². The van der Waals surface area contributed by atoms with Gasteiger partial charge < -0.3 is 15.8 Å². The van der Waals surface area contributed by atoms with Crippen LogP contribution in [0.5, 0.6) is 5.75 Å². The molecule has 0 bridgehead atoms. The molecule has 0 saturated heterocycles. The lowest BCUT2D eigenvalue weighted by molar-refractivity contribution is -0.124. The van der Waals surface area contributed by atoms with Crippen molar-refractivity contribution in [3.05, 3.63) is 29.3 Å². The number of amides is 1. The van der Waals surface area contributed by atoms with E-state index in [0.717, 1.165) is 19.3 Å². The first-order valence-corrected chi connectivity index (χ1v) is 6.94. The fraction of sp³-hybridized carbons (Fsp3) is 0.500. The molecule has 112 valence electrons. The smallest absolute Gasteiger partial charge is 0.258 e. The molecule has 1 aliphatic carbocycles. The Morgan fingerprint density at radius 2 is 2.05 bits per heavy atom. The number of hydrogen-bond acceptors (Lipinski definition) is 3. The number of carbonyl (C=O) groups is 1. The SMILES string of the molecule is Cl.NCC1CCCC1NC(=O)COc1ccc(Cl)cc1. The molecule has 0 spiro atoms. The van der Waals surface area contributed by atoms with Crippen molar-refractivity contribution in [1.29, 1.82) is 0 Å². The normalized spacial score (nSPS) is 21.1. The van der Waals surface area contributed by atoms with Gasteiger partial charge in [-0.2, -0.15) is 0 Å². The van der Waals surface area contributed by atoms with Crippen molar-refractivity contribution in [3.8, 4) is 5.75 Å². The minimum absolute atomic E-state index is 0. The topological polar surface area (TPSA) is 64.3 Å². The molecule has 1 aromatic carbocycles. The molecular formula is C14H20Cl2N2O2. The summed E-state index contributed by atoms with van der Waals surface area (Å²) in [6, 6.07) is 7.15. The van der Waals surface area contributed by atoms with Crippen LogP contribution in [0, 0.1) is 5.92 Å². The monoisotopic (exact) mass is 318 g/mol. The van der Waals surface area contributed by atoms with Gasteiger partial charge in [0.1, 0.15) is 5.75 Å². The third kappa shape index (κ3) is 4.85. The standard InChI is InChI=1S/C14H19ClN2O2.ClH/c15-11-4-6-12(7-5-11)19-9-14(18)17-13-3-1-2-10(13)8-16;/h4-7,10,13H,1-3,8-9,16H2,(H,17,18);1H. The number of halogens is 2. The summed E-state index contributed by atoms with van der Waals surface area (Å²) in [4.78, 5) is 11.8. The zero-order chi connectivity index (χ0) is 13.7. The van der Waals surface area contributed by atoms with Crippen molar-refractivity contribution in [2.75, 3.05) is 13.2 Å². The molecule has 2 atom stereocenters. The Morgan fingerprint density at radius 1 is 1.35 bits per heavy atom. The number of hydrogen-bond donors (Lipinski definition) is 2. The summed E-state index contributed by atoms with van der Waals surface area (Å²) in [7, 11) is 0. The molecule has 0 heterocycles. The lowest BCUT2D eigenvalue weighted by Crippen LogP contribution is -2.42. The van der Waals surface area contributed by atoms with Gasteiger partial charge in [-0.1, -0.05) is 18.0 Å². The summed E-state index contributed by atoms with van der Waals surface area (Å²) < 4.78 is 5.40. The second-order valence-corrected chi connectivity index (χ2v) is 5.28. The van der Waals surface area contributed by atoms with Crippen molar-refractivity contribution in [2.45, 2.75) is 25.3 Å². The van der Waals surface area contributed by atoms with Crippen LogP contribution in [0.15, 0.2) is 24.3 Å². The van der Waals surface area contributed by atoms with Crippen LogP contribution in [-0.2, 0) is 4.79 Å². The van der Waals surface area contributed by atoms with Crippen LogP contribution in [0.2, 0.25) is 5.02 Å². The molecule has 1 aromatic rings. The summed E-state index contributed by atoms with van der Waals surface area (Å²) in [5, 5.41) is 3.64. The molecule has 20 heavy (non-hydrogen) atoms. The predicted molar refractivity (Wildman–Crippen MR) is 82.5 cm³/mol. The zero-order valence-corrected chi connectivity index (χ0v) is 12.8. The Morgan fingerprint density at radius 3 is 2.70 bits per heavy atom. The highest BCUT2D eigenvalue weighted by Crippen LogP contribution is 2.24. The molecule has 3 N–H and O–H groups in total. The van der Waals surface area contributed by atoms with Crippen molar-refractivity contribution >= 4 is 29.9 Å². The van der Waals surface area contributed by atoms with E-state index in [1.54, 1.807) is 24.3 Å². The number of nitrogens with two attached hydrogens (primary N) is 1. The summed E-state index contributed by atoms with van der Waals surface area (Å²) >= 11 is 5.77. The Labute approximate surface area is 130 Å². The van der Waals surface area contributed by atoms with E-state index >= 15 is 0 Å². The van der Waals surface area contributed by atoms with Crippen molar-refractivity contribution in [2.24, 2.45) is 11.7 Å². The number of ether oxygens (including phenoxy) is 1. The fourth-order valence-corrected chi connectivity index (χ4v) is 2.56. The molecule has 1 saturated carbocycles. The Hall–Kier alpha value is -0.970. The minimum atomic E-state index is -0.0969. The van der Waals surface area contributed by atoms with E-state index in [9.17, 15) is 4.79 Å². The molecule has 2 unspecified atom stereocenters. The predicted octanol–water partition coefficient (Wildman–Crippen LogP) is 2.38. The van der Waals surface area contributed by atoms with Gasteiger partial charge in [0.15, 0.2) is 6.61 Å². The maximum absolute atomic E-state index is 11.8. The minimum Gasteiger partial charge on any atom is -0.484 e. The number of rotatable bonds is 5. The van der Waals surface area contributed by atoms with Crippen LogP contribution in [0.25, 0.3) is 0 Å². The highest BCUT2D eigenvalue weighted by molar-refractivity contribution is 6.30. The van der Waals surface area contributed by atoms with Gasteiger partial charge in [0, 0.05) is 11.1 Å². The third-order valence-electron chi connectivity index (χ3n) is 3.49. The molecule has 1 amide bonds. The molecule has 6 heteroatoms. The average molecular weight is 319 g/mol. The second-order valence-electron chi connectivity index (χ2n) is 4.84. The molecule has 2 rings (SSSR count). The summed E-state index contributed by atoms with van der Waals surface area (Å²) in [5.74, 6) is 0.945. The Bertz CT molecular complexity index is 426. The second kappa shape index (κ2) is 8.35. The molecule has 0 aromatic heterocycles. The van der Waals surface area contributed by atoms with Crippen LogP contribution in [0.4, 0.5) is 0 Å². The lowest BCUT2D eigenvalue weighted by atomic mass is 10.0. The Balaban J connectivity index is 0.00000200. The molecule has 1 aliphatic rings. The van der Waals surface area contributed by atoms with Gasteiger partial charge in [0.2, 0.25) is 0 Å². The van der Waals surface area contributed by atoms with Gasteiger partial charge in [-0.3, -0.25) is 4.79 Å². The van der Waals surface area contributed by atoms with Gasteiger partial charge in [0.25, 0.3) is 5.91 Å². The van der Waals surface area contributed by atoms with E-state index in [1.165, 1.54) is 0 Å². The van der Waals surface area contributed by atoms with E-state index in [0.29, 0.717) is 23.2 Å². The number of benzene rings is 1. The summed E-state index contributed by atoms with van der Waals surface area (Å²) in [5.41, 5.74) is 5.68. The highest BCUT2D eigenvalue weighted by Gasteiger charge is 2.27. The fourth-order valence-electron chi connectivity index (χ4n) is 2.44. The molecule has 0 radical (unpaired) electrons. The number of carbonyl (C=O) groups excluding carboxylic acids is 1. The van der Waals surface area contributed by atoms with E-state index in [4.69, 9.17) is 22.1 Å². The zero-order valence-electron chi connectivity index (χ0n) is 11.2. The van der Waals surface area contributed by atoms with E-state index in [-0.39, 0.29) is 31.0 Å². The lowest BCUT2D eigenvalue weighted by Gasteiger charge is -2.19. The van der Waals surface area contributed by atoms with Crippen LogP contribution in [0.3, 0.4) is 0 Å². The van der Waals surface area contributed by atoms with Crippen LogP contribution in [-0.4, -0.2) is 25.1 Å². The molecule has 4 nitrogen and oxygen atoms in total. The van der Waals surface area contributed by atoms with Gasteiger partial charge >= 0.3 is 0 Å². The maximum Gasteiger partial charge on any atom is 0.258 e. The van der Waals surface area contributed by atoms with Gasteiger partial charge in [-0.25, -0.2) is 0 Å². The first kappa shape index (κ1) is 17.1. The maximum atomic E-state index is 11.8. The quantitative estimate of drug-likeness (QED) is 0.876.